The number of nitrogens with one attached hydrogen (secondary N) is 1. The Kier molecular flexibility index (Phi) is 5.67. The van der Waals surface area contributed by atoms with Gasteiger partial charge in [0.1, 0.15) is 16.9 Å². The molecule has 1 saturated heterocycles. The van der Waals surface area contributed by atoms with Gasteiger partial charge in [-0.1, -0.05) is 0 Å². The number of alkyl carbamates (subject to hydrolysis) is 1. The van der Waals surface area contributed by atoms with Crippen molar-refractivity contribution in [2.45, 2.75) is 64.6 Å². The van der Waals surface area contributed by atoms with Crippen LogP contribution in [0.5, 0.6) is 5.75 Å². The Labute approximate surface area is 164 Å². The van der Waals surface area contributed by atoms with Crippen LogP contribution in [-0.2, 0) is 17.7 Å². The van der Waals surface area contributed by atoms with Crippen LogP contribution in [-0.4, -0.2) is 53.3 Å². The predicted octanol–water partition coefficient (Wildman–Crippen LogP) is 1.93. The maximum atomic E-state index is 13.3. The maximum absolute atomic E-state index is 13.3. The van der Waals surface area contributed by atoms with Gasteiger partial charge < -0.3 is 24.3 Å². The third-order valence-electron chi connectivity index (χ3n) is 5.04. The van der Waals surface area contributed by atoms with Gasteiger partial charge in [-0.25, -0.2) is 4.79 Å². The highest BCUT2D eigenvalue weighted by atomic mass is 16.6. The average molecular weight is 391 g/mol. The van der Waals surface area contributed by atoms with Gasteiger partial charge in [-0.3, -0.25) is 9.59 Å². The largest absolute Gasteiger partial charge is 0.496 e. The van der Waals surface area contributed by atoms with Crippen molar-refractivity contribution in [3.05, 3.63) is 27.7 Å². The number of hydrogen-bond donors (Lipinski definition) is 1. The number of carbonyl (C=O) groups is 2. The zero-order valence-electron chi connectivity index (χ0n) is 17.0. The van der Waals surface area contributed by atoms with E-state index in [1.807, 2.05) is 20.8 Å². The molecule has 1 atom stereocenters. The lowest BCUT2D eigenvalue weighted by Crippen LogP contribution is -2.50. The smallest absolute Gasteiger partial charge is 0.407 e. The number of pyridine rings is 1. The molecule has 1 aromatic heterocycles. The molecule has 1 N–H and O–H groups in total. The molecule has 0 spiro atoms. The summed E-state index contributed by atoms with van der Waals surface area (Å²) in [5.41, 5.74) is 0.512. The molecule has 3 heterocycles. The van der Waals surface area contributed by atoms with Gasteiger partial charge in [-0.05, 0) is 46.5 Å². The number of nitrogens with zero attached hydrogens (tertiary/aromatic N) is 2. The van der Waals surface area contributed by atoms with Gasteiger partial charge in [-0.15, -0.1) is 0 Å². The van der Waals surface area contributed by atoms with Crippen molar-refractivity contribution >= 4 is 12.0 Å². The quantitative estimate of drug-likeness (QED) is 0.850. The lowest BCUT2D eigenvalue weighted by atomic mass is 10.0. The number of methoxy groups -OCH3 is 1. The summed E-state index contributed by atoms with van der Waals surface area (Å²) in [6, 6.07) is 1.22. The fourth-order valence-corrected chi connectivity index (χ4v) is 3.88. The summed E-state index contributed by atoms with van der Waals surface area (Å²) >= 11 is 0. The Hall–Kier alpha value is -2.51. The van der Waals surface area contributed by atoms with E-state index in [0.717, 1.165) is 25.0 Å². The second-order valence-corrected chi connectivity index (χ2v) is 8.36. The fraction of sp³-hybridized carbons (Fsp3) is 0.650. The Bertz CT molecular complexity index is 824. The normalized spacial score (nSPS) is 19.1. The van der Waals surface area contributed by atoms with Crippen molar-refractivity contribution < 1.29 is 19.1 Å². The van der Waals surface area contributed by atoms with E-state index in [2.05, 4.69) is 5.32 Å². The summed E-state index contributed by atoms with van der Waals surface area (Å²) in [6.45, 7) is 7.07. The van der Waals surface area contributed by atoms with Gasteiger partial charge in [-0.2, -0.15) is 0 Å². The SMILES string of the molecule is COc1cc(=O)n2c(c1C(=O)N1CCC[C@@H](NC(=O)OC(C)(C)C)C1)CCC2. The first-order chi connectivity index (χ1) is 13.2. The molecule has 0 bridgehead atoms. The molecule has 0 saturated carbocycles. The summed E-state index contributed by atoms with van der Waals surface area (Å²) < 4.78 is 12.3. The summed E-state index contributed by atoms with van der Waals surface area (Å²) in [5.74, 6) is 0.170. The van der Waals surface area contributed by atoms with Crippen LogP contribution in [0.3, 0.4) is 0 Å². The molecule has 8 nitrogen and oxygen atoms in total. The standard InChI is InChI=1S/C20H29N3O5/c1-20(2,3)28-19(26)21-13-7-5-9-22(12-13)18(25)17-14-8-6-10-23(14)16(24)11-15(17)27-4/h11,13H,5-10,12H2,1-4H3,(H,21,26)/t13-/m1/s1. The molecule has 28 heavy (non-hydrogen) atoms. The average Bonchev–Trinajstić information content (AvgIpc) is 3.09. The summed E-state index contributed by atoms with van der Waals surface area (Å²) in [7, 11) is 1.47. The second kappa shape index (κ2) is 7.85. The van der Waals surface area contributed by atoms with Gasteiger partial charge in [0.05, 0.1) is 7.11 Å². The van der Waals surface area contributed by atoms with Crippen molar-refractivity contribution in [2.75, 3.05) is 20.2 Å². The molecule has 3 rings (SSSR count). The summed E-state index contributed by atoms with van der Waals surface area (Å²) in [5, 5.41) is 2.86. The zero-order chi connectivity index (χ0) is 20.5. The second-order valence-electron chi connectivity index (χ2n) is 8.36. The molecular formula is C20H29N3O5. The molecule has 0 unspecified atom stereocenters. The Morgan fingerprint density at radius 2 is 1.96 bits per heavy atom. The number of rotatable bonds is 3. The Balaban J connectivity index is 1.77. The van der Waals surface area contributed by atoms with E-state index in [-0.39, 0.29) is 17.5 Å². The van der Waals surface area contributed by atoms with Crippen LogP contribution in [0.2, 0.25) is 0 Å². The van der Waals surface area contributed by atoms with Crippen molar-refractivity contribution in [2.24, 2.45) is 0 Å². The molecule has 8 heteroatoms. The Morgan fingerprint density at radius 3 is 2.64 bits per heavy atom. The molecule has 0 aliphatic carbocycles. The number of fused-ring (bicyclic) bond motifs is 1. The third kappa shape index (κ3) is 4.31. The number of amides is 2. The first-order valence-corrected chi connectivity index (χ1v) is 9.79. The minimum absolute atomic E-state index is 0.135. The van der Waals surface area contributed by atoms with Crippen molar-refractivity contribution in [1.82, 2.24) is 14.8 Å². The van der Waals surface area contributed by atoms with Gasteiger partial charge in [0.25, 0.3) is 11.5 Å². The molecule has 1 aromatic rings. The van der Waals surface area contributed by atoms with Crippen molar-refractivity contribution in [1.29, 1.82) is 0 Å². The lowest BCUT2D eigenvalue weighted by molar-refractivity contribution is 0.0451. The van der Waals surface area contributed by atoms with E-state index in [0.29, 0.717) is 37.4 Å². The molecule has 2 aliphatic heterocycles. The van der Waals surface area contributed by atoms with E-state index in [4.69, 9.17) is 9.47 Å². The van der Waals surface area contributed by atoms with Gasteiger partial charge in [0.15, 0.2) is 0 Å². The fourth-order valence-electron chi connectivity index (χ4n) is 3.88. The third-order valence-corrected chi connectivity index (χ3v) is 5.04. The summed E-state index contributed by atoms with van der Waals surface area (Å²) in [6.07, 6.45) is 2.61. The van der Waals surface area contributed by atoms with E-state index < -0.39 is 11.7 Å². The van der Waals surface area contributed by atoms with E-state index in [1.54, 1.807) is 9.47 Å². The highest BCUT2D eigenvalue weighted by molar-refractivity contribution is 5.98. The highest BCUT2D eigenvalue weighted by Crippen LogP contribution is 2.28. The molecule has 2 aliphatic rings. The number of likely N-dealkylation sites (tertiary alicyclic amines) is 1. The van der Waals surface area contributed by atoms with Crippen LogP contribution in [0, 0.1) is 0 Å². The van der Waals surface area contributed by atoms with Gasteiger partial charge in [0.2, 0.25) is 0 Å². The topological polar surface area (TPSA) is 89.9 Å². The first kappa shape index (κ1) is 20.2. The van der Waals surface area contributed by atoms with Crippen LogP contribution in [0.25, 0.3) is 0 Å². The minimum Gasteiger partial charge on any atom is -0.496 e. The highest BCUT2D eigenvalue weighted by Gasteiger charge is 2.32. The number of carbonyl (C=O) groups excluding carboxylic acids is 2. The molecule has 154 valence electrons. The van der Waals surface area contributed by atoms with Crippen LogP contribution < -0.4 is 15.6 Å². The van der Waals surface area contributed by atoms with Crippen LogP contribution in [0.15, 0.2) is 10.9 Å². The molecular weight excluding hydrogens is 362 g/mol. The minimum atomic E-state index is -0.570. The van der Waals surface area contributed by atoms with E-state index in [1.165, 1.54) is 13.2 Å². The van der Waals surface area contributed by atoms with Gasteiger partial charge >= 0.3 is 6.09 Å². The summed E-state index contributed by atoms with van der Waals surface area (Å²) in [4.78, 5) is 39.3. The molecule has 2 amide bonds. The van der Waals surface area contributed by atoms with Crippen LogP contribution in [0.1, 0.15) is 56.1 Å². The van der Waals surface area contributed by atoms with Gasteiger partial charge in [0, 0.05) is 37.4 Å². The van der Waals surface area contributed by atoms with Crippen LogP contribution >= 0.6 is 0 Å². The molecule has 0 radical (unpaired) electrons. The lowest BCUT2D eigenvalue weighted by Gasteiger charge is -2.34. The Morgan fingerprint density at radius 1 is 1.21 bits per heavy atom. The number of piperidine rings is 1. The van der Waals surface area contributed by atoms with Crippen molar-refractivity contribution in [3.8, 4) is 5.75 Å². The number of ether oxygens (including phenoxy) is 2. The first-order valence-electron chi connectivity index (χ1n) is 9.79. The van der Waals surface area contributed by atoms with Crippen LogP contribution in [0.4, 0.5) is 4.79 Å². The van der Waals surface area contributed by atoms with E-state index in [9.17, 15) is 14.4 Å². The van der Waals surface area contributed by atoms with E-state index >= 15 is 0 Å². The zero-order valence-corrected chi connectivity index (χ0v) is 17.0. The number of aromatic nitrogens is 1. The predicted molar refractivity (Wildman–Crippen MR) is 104 cm³/mol. The molecule has 1 fully saturated rings. The maximum Gasteiger partial charge on any atom is 0.407 e. The monoisotopic (exact) mass is 391 g/mol. The molecule has 0 aromatic carbocycles. The van der Waals surface area contributed by atoms with Crippen molar-refractivity contribution in [3.63, 3.8) is 0 Å². The number of hydrogen-bond acceptors (Lipinski definition) is 5.